The van der Waals surface area contributed by atoms with Crippen molar-refractivity contribution in [1.29, 1.82) is 0 Å². The SMILES string of the molecule is c1ccc(C2=C(c3ccccc3)[B-](c3ccccc3)([n+]3ccccc3-c3ccccn3)C(c3ccccc3)=C2c2ccccc2)cc1. The molecule has 0 saturated heterocycles. The maximum absolute atomic E-state index is 4.91. The average molecular weight is 601 g/mol. The van der Waals surface area contributed by atoms with Crippen molar-refractivity contribution in [3.63, 3.8) is 0 Å². The van der Waals surface area contributed by atoms with E-state index < -0.39 is 6.28 Å². The van der Waals surface area contributed by atoms with Gasteiger partial charge in [0, 0.05) is 12.3 Å². The van der Waals surface area contributed by atoms with Crippen molar-refractivity contribution in [3.8, 4) is 11.4 Å². The van der Waals surface area contributed by atoms with Crippen molar-refractivity contribution in [1.82, 2.24) is 4.98 Å². The van der Waals surface area contributed by atoms with Crippen molar-refractivity contribution in [2.75, 3.05) is 0 Å². The molecule has 3 heterocycles. The molecule has 0 fully saturated rings. The summed E-state index contributed by atoms with van der Waals surface area (Å²) in [7, 11) is 0. The van der Waals surface area contributed by atoms with Crippen molar-refractivity contribution >= 4 is 33.8 Å². The number of hydrogen-bond donors (Lipinski definition) is 0. The predicted molar refractivity (Wildman–Crippen MR) is 196 cm³/mol. The van der Waals surface area contributed by atoms with Gasteiger partial charge in [0.15, 0.2) is 5.69 Å². The summed E-state index contributed by atoms with van der Waals surface area (Å²) in [5, 5.41) is 0. The summed E-state index contributed by atoms with van der Waals surface area (Å²) >= 11 is 0. The quantitative estimate of drug-likeness (QED) is 0.167. The molecular weight excluding hydrogens is 567 g/mol. The molecule has 0 bridgehead atoms. The molecule has 47 heavy (non-hydrogen) atoms. The summed E-state index contributed by atoms with van der Waals surface area (Å²) in [5.74, 6) is 0. The molecule has 0 spiro atoms. The van der Waals surface area contributed by atoms with Gasteiger partial charge < -0.3 is 4.48 Å². The van der Waals surface area contributed by atoms with E-state index in [2.05, 4.69) is 193 Å². The van der Waals surface area contributed by atoms with Gasteiger partial charge in [-0.05, 0) is 40.5 Å². The van der Waals surface area contributed by atoms with Crippen LogP contribution in [0.4, 0.5) is 0 Å². The smallest absolute Gasteiger partial charge is 0.362 e. The van der Waals surface area contributed by atoms with Gasteiger partial charge in [0.25, 0.3) is 0 Å². The third-order valence-electron chi connectivity index (χ3n) is 9.44. The number of allylic oxidation sites excluding steroid dienone is 2. The summed E-state index contributed by atoms with van der Waals surface area (Å²) in [5.41, 5.74) is 13.0. The molecule has 3 heteroatoms. The minimum absolute atomic E-state index is 0.930. The fourth-order valence-electron chi connectivity index (χ4n) is 7.68. The maximum atomic E-state index is 4.91. The number of aromatic nitrogens is 2. The minimum atomic E-state index is -1.88. The number of benzene rings is 5. The lowest BCUT2D eigenvalue weighted by Gasteiger charge is -2.39. The van der Waals surface area contributed by atoms with E-state index in [0.717, 1.165) is 11.4 Å². The van der Waals surface area contributed by atoms with Gasteiger partial charge in [-0.1, -0.05) is 175 Å². The molecule has 0 aliphatic carbocycles. The summed E-state index contributed by atoms with van der Waals surface area (Å²) < 4.78 is 2.53. The highest BCUT2D eigenvalue weighted by molar-refractivity contribution is 7.17. The van der Waals surface area contributed by atoms with Crippen LogP contribution in [0.5, 0.6) is 0 Å². The molecule has 2 nitrogen and oxygen atoms in total. The van der Waals surface area contributed by atoms with Gasteiger partial charge in [-0.2, -0.15) is 0 Å². The highest BCUT2D eigenvalue weighted by Gasteiger charge is 2.54. The molecule has 7 aromatic rings. The van der Waals surface area contributed by atoms with Crippen LogP contribution in [0.1, 0.15) is 22.3 Å². The Morgan fingerprint density at radius 1 is 0.383 bits per heavy atom. The van der Waals surface area contributed by atoms with Crippen molar-refractivity contribution < 1.29 is 4.48 Å². The summed E-state index contributed by atoms with van der Waals surface area (Å²) in [6, 6.07) is 67.6. The van der Waals surface area contributed by atoms with Crippen LogP contribution in [0.15, 0.2) is 200 Å². The van der Waals surface area contributed by atoms with Crippen LogP contribution in [-0.4, -0.2) is 11.3 Å². The van der Waals surface area contributed by atoms with Gasteiger partial charge in [-0.25, -0.2) is 0 Å². The van der Waals surface area contributed by atoms with Crippen LogP contribution < -0.4 is 9.94 Å². The molecule has 222 valence electrons. The number of hydrogen-bond acceptors (Lipinski definition) is 1. The first kappa shape index (κ1) is 28.4. The van der Waals surface area contributed by atoms with Crippen LogP contribution in [-0.2, 0) is 0 Å². The average Bonchev–Trinajstić information content (AvgIpc) is 3.50. The third-order valence-corrected chi connectivity index (χ3v) is 9.44. The van der Waals surface area contributed by atoms with Gasteiger partial charge in [0.05, 0.1) is 0 Å². The molecule has 0 atom stereocenters. The molecule has 0 amide bonds. The number of nitrogens with zero attached hydrogens (tertiary/aromatic N) is 2. The van der Waals surface area contributed by atoms with Crippen LogP contribution in [0, 0.1) is 0 Å². The number of pyridine rings is 2. The first-order valence-corrected chi connectivity index (χ1v) is 16.2. The van der Waals surface area contributed by atoms with E-state index in [0.29, 0.717) is 0 Å². The highest BCUT2D eigenvalue weighted by atomic mass is 14.9. The van der Waals surface area contributed by atoms with Crippen molar-refractivity contribution in [2.24, 2.45) is 0 Å². The van der Waals surface area contributed by atoms with E-state index in [-0.39, 0.29) is 0 Å². The Labute approximate surface area is 276 Å². The fourth-order valence-corrected chi connectivity index (χ4v) is 7.68. The zero-order chi connectivity index (χ0) is 31.5. The van der Waals surface area contributed by atoms with E-state index in [1.165, 1.54) is 49.8 Å². The lowest BCUT2D eigenvalue weighted by Crippen LogP contribution is -2.73. The second-order valence-electron chi connectivity index (χ2n) is 12.0. The predicted octanol–water partition coefficient (Wildman–Crippen LogP) is 9.05. The lowest BCUT2D eigenvalue weighted by atomic mass is 9.22. The second kappa shape index (κ2) is 12.4. The molecule has 8 rings (SSSR count). The van der Waals surface area contributed by atoms with Crippen LogP contribution >= 0.6 is 0 Å². The van der Waals surface area contributed by atoms with E-state index in [9.17, 15) is 0 Å². The van der Waals surface area contributed by atoms with Gasteiger partial charge in [0.2, 0.25) is 0 Å². The zero-order valence-electron chi connectivity index (χ0n) is 26.0. The highest BCUT2D eigenvalue weighted by Crippen LogP contribution is 2.54. The van der Waals surface area contributed by atoms with Gasteiger partial charge in [-0.3, -0.25) is 4.98 Å². The molecular formula is C44H33BN2. The van der Waals surface area contributed by atoms with E-state index >= 15 is 0 Å². The molecule has 0 unspecified atom stereocenters. The Bertz CT molecular complexity index is 2100. The molecule has 0 radical (unpaired) electrons. The standard InChI is InChI=1S/C44H33BN2/c1-6-20-34(21-7-1)41-42(35-22-8-2-9-23-35)44(37-26-12-4-13-27-37)45(38-28-14-5-15-29-38,43(41)36-24-10-3-11-25-36)47-33-19-17-31-40(47)39-30-16-18-32-46-39/h1-33H. The Morgan fingerprint density at radius 3 is 1.28 bits per heavy atom. The maximum Gasteiger partial charge on any atom is 0.362 e. The van der Waals surface area contributed by atoms with Crippen LogP contribution in [0.25, 0.3) is 33.5 Å². The van der Waals surface area contributed by atoms with Crippen molar-refractivity contribution in [2.45, 2.75) is 0 Å². The molecule has 0 saturated carbocycles. The van der Waals surface area contributed by atoms with Gasteiger partial charge in [-0.15, -0.1) is 16.4 Å². The van der Waals surface area contributed by atoms with Crippen LogP contribution in [0.2, 0.25) is 0 Å². The minimum Gasteiger partial charge on any atom is -0.407 e. The molecule has 5 aromatic carbocycles. The summed E-state index contributed by atoms with van der Waals surface area (Å²) in [6.07, 6.45) is 2.27. The molecule has 1 aliphatic heterocycles. The third kappa shape index (κ3) is 4.85. The fraction of sp³-hybridized carbons (Fsp3) is 0. The monoisotopic (exact) mass is 600 g/mol. The zero-order valence-corrected chi connectivity index (χ0v) is 26.0. The Balaban J connectivity index is 1.67. The topological polar surface area (TPSA) is 16.8 Å². The first-order chi connectivity index (χ1) is 23.4. The van der Waals surface area contributed by atoms with Gasteiger partial charge in [0.1, 0.15) is 11.9 Å². The largest absolute Gasteiger partial charge is 0.407 e. The van der Waals surface area contributed by atoms with Gasteiger partial charge >= 0.3 is 6.28 Å². The Morgan fingerprint density at radius 2 is 0.809 bits per heavy atom. The van der Waals surface area contributed by atoms with Crippen LogP contribution in [0.3, 0.4) is 0 Å². The molecule has 2 aromatic heterocycles. The normalized spacial score (nSPS) is 14.0. The van der Waals surface area contributed by atoms with Crippen molar-refractivity contribution in [3.05, 3.63) is 223 Å². The first-order valence-electron chi connectivity index (χ1n) is 16.2. The Hall–Kier alpha value is -6.06. The summed E-state index contributed by atoms with van der Waals surface area (Å²) in [6.45, 7) is 0. The summed E-state index contributed by atoms with van der Waals surface area (Å²) in [4.78, 5) is 4.91. The molecule has 0 N–H and O–H groups in total. The Kier molecular flexibility index (Phi) is 7.49. The second-order valence-corrected chi connectivity index (χ2v) is 12.0. The molecule has 1 aliphatic rings. The van der Waals surface area contributed by atoms with E-state index in [4.69, 9.17) is 4.98 Å². The lowest BCUT2D eigenvalue weighted by molar-refractivity contribution is -0.526. The van der Waals surface area contributed by atoms with E-state index in [1.807, 2.05) is 12.3 Å². The van der Waals surface area contributed by atoms with E-state index in [1.54, 1.807) is 0 Å². The number of rotatable bonds is 7.